The van der Waals surface area contributed by atoms with Gasteiger partial charge in [0.05, 0.1) is 6.07 Å². The first-order valence-corrected chi connectivity index (χ1v) is 15.0. The molecule has 5 nitrogen and oxygen atoms in total. The van der Waals surface area contributed by atoms with Crippen LogP contribution in [0.4, 0.5) is 0 Å². The Labute approximate surface area is 258 Å². The lowest BCUT2D eigenvalue weighted by Crippen LogP contribution is -2.16. The molecule has 0 radical (unpaired) electrons. The van der Waals surface area contributed by atoms with Crippen molar-refractivity contribution in [2.45, 2.75) is 105 Å². The average molecular weight is 581 g/mol. The SMILES string of the molecule is CC(C)(C)c1cc(Oc2cc(Oc3cc(C(C)(C)C)cc(C(C)(C)C)c3)nc(-c3ccc(O)cc3)n2)cc(C(C)(C)C)c1. The van der Waals surface area contributed by atoms with Crippen LogP contribution in [0.25, 0.3) is 11.4 Å². The van der Waals surface area contributed by atoms with E-state index in [-0.39, 0.29) is 27.4 Å². The third kappa shape index (κ3) is 8.16. The van der Waals surface area contributed by atoms with Crippen LogP contribution in [-0.4, -0.2) is 15.1 Å². The van der Waals surface area contributed by atoms with Crippen molar-refractivity contribution >= 4 is 0 Å². The summed E-state index contributed by atoms with van der Waals surface area (Å²) in [5.74, 6) is 2.80. The molecule has 0 saturated carbocycles. The van der Waals surface area contributed by atoms with Crippen LogP contribution >= 0.6 is 0 Å². The van der Waals surface area contributed by atoms with Gasteiger partial charge >= 0.3 is 0 Å². The molecule has 1 N–H and O–H groups in total. The van der Waals surface area contributed by atoms with Gasteiger partial charge in [-0.1, -0.05) is 95.2 Å². The van der Waals surface area contributed by atoms with Crippen molar-refractivity contribution in [3.63, 3.8) is 0 Å². The normalized spacial score (nSPS) is 12.7. The number of ether oxygens (including phenoxy) is 2. The summed E-state index contributed by atoms with van der Waals surface area (Å²) in [5.41, 5.74) is 5.27. The number of phenols is 1. The highest BCUT2D eigenvalue weighted by Gasteiger charge is 2.23. The summed E-state index contributed by atoms with van der Waals surface area (Å²) in [6.07, 6.45) is 0. The summed E-state index contributed by atoms with van der Waals surface area (Å²) in [7, 11) is 0. The first-order chi connectivity index (χ1) is 19.7. The fraction of sp³-hybridized carbons (Fsp3) is 0.421. The quantitative estimate of drug-likeness (QED) is 0.254. The second kappa shape index (κ2) is 11.3. The van der Waals surface area contributed by atoms with E-state index in [1.54, 1.807) is 30.3 Å². The molecule has 0 spiro atoms. The number of nitrogens with zero attached hydrogens (tertiary/aromatic N) is 2. The zero-order chi connectivity index (χ0) is 32.0. The molecular weight excluding hydrogens is 532 g/mol. The zero-order valence-corrected chi connectivity index (χ0v) is 28.0. The summed E-state index contributed by atoms with van der Waals surface area (Å²) in [4.78, 5) is 9.55. The van der Waals surface area contributed by atoms with Crippen molar-refractivity contribution in [1.29, 1.82) is 0 Å². The highest BCUT2D eigenvalue weighted by Crippen LogP contribution is 2.38. The third-order valence-corrected chi connectivity index (χ3v) is 7.53. The second-order valence-corrected chi connectivity index (χ2v) is 15.6. The summed E-state index contributed by atoms with van der Waals surface area (Å²) in [6, 6.07) is 21.4. The van der Waals surface area contributed by atoms with Gasteiger partial charge in [0, 0.05) is 5.56 Å². The molecule has 0 saturated heterocycles. The molecule has 3 aromatic carbocycles. The molecule has 1 aromatic heterocycles. The lowest BCUT2D eigenvalue weighted by molar-refractivity contribution is 0.429. The van der Waals surface area contributed by atoms with Gasteiger partial charge in [0.15, 0.2) is 5.82 Å². The predicted molar refractivity (Wildman–Crippen MR) is 177 cm³/mol. The fourth-order valence-electron chi connectivity index (χ4n) is 4.54. The second-order valence-electron chi connectivity index (χ2n) is 15.6. The van der Waals surface area contributed by atoms with E-state index >= 15 is 0 Å². The predicted octanol–water partition coefficient (Wildman–Crippen LogP) is 10.6. The van der Waals surface area contributed by atoms with Crippen LogP contribution in [0.5, 0.6) is 29.0 Å². The molecule has 0 aliphatic heterocycles. The number of aromatic hydroxyl groups is 1. The first kappa shape index (κ1) is 32.1. The van der Waals surface area contributed by atoms with E-state index in [0.717, 1.165) is 5.56 Å². The molecule has 4 rings (SSSR count). The minimum atomic E-state index is -0.0562. The Morgan fingerprint density at radius 1 is 0.465 bits per heavy atom. The minimum absolute atomic E-state index is 0.0562. The van der Waals surface area contributed by atoms with Crippen LogP contribution in [-0.2, 0) is 21.7 Å². The van der Waals surface area contributed by atoms with Gasteiger partial charge in [0.2, 0.25) is 11.8 Å². The summed E-state index contributed by atoms with van der Waals surface area (Å²) >= 11 is 0. The Hall–Kier alpha value is -3.86. The minimum Gasteiger partial charge on any atom is -0.508 e. The van der Waals surface area contributed by atoms with E-state index < -0.39 is 0 Å². The Bertz CT molecular complexity index is 1430. The molecule has 5 heteroatoms. The molecule has 43 heavy (non-hydrogen) atoms. The summed E-state index contributed by atoms with van der Waals surface area (Å²) in [6.45, 7) is 26.4. The Morgan fingerprint density at radius 2 is 0.791 bits per heavy atom. The highest BCUT2D eigenvalue weighted by molar-refractivity contribution is 5.58. The fourth-order valence-corrected chi connectivity index (χ4v) is 4.54. The molecule has 0 aliphatic carbocycles. The molecule has 0 fully saturated rings. The lowest BCUT2D eigenvalue weighted by Gasteiger charge is -2.26. The number of hydrogen-bond acceptors (Lipinski definition) is 5. The van der Waals surface area contributed by atoms with E-state index in [9.17, 15) is 5.11 Å². The summed E-state index contributed by atoms with van der Waals surface area (Å²) in [5, 5.41) is 9.88. The molecule has 0 bridgehead atoms. The van der Waals surface area contributed by atoms with Crippen molar-refractivity contribution in [1.82, 2.24) is 9.97 Å². The molecule has 4 aromatic rings. The van der Waals surface area contributed by atoms with Gasteiger partial charge in [-0.25, -0.2) is 0 Å². The lowest BCUT2D eigenvalue weighted by atomic mass is 9.80. The van der Waals surface area contributed by atoms with Gasteiger partial charge in [0.25, 0.3) is 0 Å². The molecular formula is C38H48N2O3. The van der Waals surface area contributed by atoms with E-state index in [2.05, 4.69) is 119 Å². The van der Waals surface area contributed by atoms with Gasteiger partial charge < -0.3 is 14.6 Å². The average Bonchev–Trinajstić information content (AvgIpc) is 2.86. The highest BCUT2D eigenvalue weighted by atomic mass is 16.5. The molecule has 0 unspecified atom stereocenters. The zero-order valence-electron chi connectivity index (χ0n) is 28.0. The maximum atomic E-state index is 9.88. The van der Waals surface area contributed by atoms with Crippen LogP contribution in [0.3, 0.4) is 0 Å². The molecule has 0 amide bonds. The van der Waals surface area contributed by atoms with E-state index in [0.29, 0.717) is 29.1 Å². The molecule has 1 heterocycles. The van der Waals surface area contributed by atoms with Gasteiger partial charge in [-0.3, -0.25) is 0 Å². The van der Waals surface area contributed by atoms with Crippen LogP contribution in [0.2, 0.25) is 0 Å². The first-order valence-electron chi connectivity index (χ1n) is 15.0. The number of phenolic OH excluding ortho intramolecular Hbond substituents is 1. The topological polar surface area (TPSA) is 64.5 Å². The molecule has 0 atom stereocenters. The van der Waals surface area contributed by atoms with Crippen LogP contribution in [0, 0.1) is 0 Å². The van der Waals surface area contributed by atoms with Gasteiger partial charge in [-0.2, -0.15) is 9.97 Å². The maximum absolute atomic E-state index is 9.88. The van der Waals surface area contributed by atoms with Gasteiger partial charge in [-0.05, 0) is 92.4 Å². The Morgan fingerprint density at radius 3 is 1.09 bits per heavy atom. The van der Waals surface area contributed by atoms with Crippen molar-refractivity contribution in [3.8, 4) is 40.4 Å². The largest absolute Gasteiger partial charge is 0.508 e. The van der Waals surface area contributed by atoms with Crippen LogP contribution < -0.4 is 9.47 Å². The van der Waals surface area contributed by atoms with Gasteiger partial charge in [-0.15, -0.1) is 0 Å². The van der Waals surface area contributed by atoms with Crippen molar-refractivity contribution in [2.24, 2.45) is 0 Å². The standard InChI is InChI=1S/C38H48N2O3/c1-35(2,3)25-17-26(36(4,5)6)20-30(19-25)42-32-23-33(40-34(39-32)24-13-15-29(41)16-14-24)43-31-21-27(37(7,8)9)18-28(22-31)38(10,11)12/h13-23,41H,1-12H3. The smallest absolute Gasteiger partial charge is 0.226 e. The van der Waals surface area contributed by atoms with Crippen molar-refractivity contribution in [2.75, 3.05) is 0 Å². The molecule has 0 aliphatic rings. The van der Waals surface area contributed by atoms with E-state index in [4.69, 9.17) is 19.4 Å². The summed E-state index contributed by atoms with van der Waals surface area (Å²) < 4.78 is 13.0. The van der Waals surface area contributed by atoms with E-state index in [1.807, 2.05) is 0 Å². The monoisotopic (exact) mass is 580 g/mol. The number of rotatable bonds is 5. The van der Waals surface area contributed by atoms with Gasteiger partial charge in [0.1, 0.15) is 17.2 Å². The van der Waals surface area contributed by atoms with Crippen molar-refractivity contribution in [3.05, 3.63) is 89.0 Å². The molecule has 228 valence electrons. The number of aromatic nitrogens is 2. The third-order valence-electron chi connectivity index (χ3n) is 7.53. The van der Waals surface area contributed by atoms with Crippen LogP contribution in [0.1, 0.15) is 105 Å². The van der Waals surface area contributed by atoms with Crippen molar-refractivity contribution < 1.29 is 14.6 Å². The number of benzene rings is 3. The maximum Gasteiger partial charge on any atom is 0.226 e. The number of hydrogen-bond donors (Lipinski definition) is 1. The van der Waals surface area contributed by atoms with E-state index in [1.165, 1.54) is 22.3 Å². The Balaban J connectivity index is 1.84. The van der Waals surface area contributed by atoms with Crippen LogP contribution in [0.15, 0.2) is 66.7 Å². The Kier molecular flexibility index (Phi) is 8.45.